The number of hydrogen-bond acceptors (Lipinski definition) is 4. The topological polar surface area (TPSA) is 56.8 Å². The number of allylic oxidation sites excluding steroid dienone is 1. The molecule has 0 aliphatic heterocycles. The maximum absolute atomic E-state index is 12.1. The van der Waals surface area contributed by atoms with Crippen molar-refractivity contribution in [2.45, 2.75) is 57.8 Å². The number of amides is 1. The van der Waals surface area contributed by atoms with Gasteiger partial charge in [0, 0.05) is 35.8 Å². The van der Waals surface area contributed by atoms with Crippen LogP contribution in [0.15, 0.2) is 36.4 Å². The van der Waals surface area contributed by atoms with E-state index in [1.54, 1.807) is 14.2 Å². The first-order valence-corrected chi connectivity index (χ1v) is 13.9. The molecule has 0 heterocycles. The molecule has 1 amide bonds. The average Bonchev–Trinajstić information content (AvgIpc) is 2.88. The number of hydrogen-bond donors (Lipinski definition) is 1. The number of methoxy groups -OCH3 is 2. The normalized spacial score (nSPS) is 26.3. The predicted octanol–water partition coefficient (Wildman–Crippen LogP) is 6.50. The van der Waals surface area contributed by atoms with Crippen LogP contribution in [0.25, 0.3) is 11.6 Å². The summed E-state index contributed by atoms with van der Waals surface area (Å²) in [6.07, 6.45) is 10.1. The first-order chi connectivity index (χ1) is 18.0. The standard InChI is InChI=1S/C32H41NO4/c1-5-33-31(34)26-8-6-22(7-9-26)14-21(2)27-10-11-28(37-13-12-35-3)29(30(27)36-4)32-18-23-15-24(19-32)17-25(16-23)20-32/h6-11,14,23-25H,5,12-13,15-20H2,1-4H3,(H,33,34)/b21-14+. The van der Waals surface area contributed by atoms with Gasteiger partial charge >= 0.3 is 0 Å². The third kappa shape index (κ3) is 5.16. The van der Waals surface area contributed by atoms with Crippen molar-refractivity contribution in [3.8, 4) is 11.5 Å². The average molecular weight is 504 g/mol. The van der Waals surface area contributed by atoms with E-state index in [2.05, 4.69) is 30.4 Å². The van der Waals surface area contributed by atoms with Gasteiger partial charge in [0.1, 0.15) is 18.1 Å². The Morgan fingerprint density at radius 1 is 0.973 bits per heavy atom. The smallest absolute Gasteiger partial charge is 0.251 e. The second kappa shape index (κ2) is 10.9. The molecular formula is C32H41NO4. The summed E-state index contributed by atoms with van der Waals surface area (Å²) in [6.45, 7) is 5.79. The van der Waals surface area contributed by atoms with Gasteiger partial charge in [-0.2, -0.15) is 0 Å². The maximum Gasteiger partial charge on any atom is 0.251 e. The van der Waals surface area contributed by atoms with Crippen molar-refractivity contribution in [3.05, 3.63) is 58.7 Å². The van der Waals surface area contributed by atoms with Gasteiger partial charge in [-0.15, -0.1) is 0 Å². The summed E-state index contributed by atoms with van der Waals surface area (Å²) in [5.41, 5.74) is 5.40. The van der Waals surface area contributed by atoms with E-state index in [1.807, 2.05) is 31.2 Å². The SMILES string of the molecule is CCNC(=O)c1ccc(/C=C(\C)c2ccc(OCCOC)c(C34CC5CC(CC(C5)C3)C4)c2OC)cc1. The van der Waals surface area contributed by atoms with Gasteiger partial charge in [-0.25, -0.2) is 0 Å². The largest absolute Gasteiger partial charge is 0.496 e. The Morgan fingerprint density at radius 3 is 2.19 bits per heavy atom. The fourth-order valence-electron chi connectivity index (χ4n) is 7.68. The van der Waals surface area contributed by atoms with Crippen LogP contribution < -0.4 is 14.8 Å². The molecule has 2 aromatic rings. The Kier molecular flexibility index (Phi) is 7.62. The van der Waals surface area contributed by atoms with Gasteiger partial charge in [-0.05, 0) is 106 Å². The number of carbonyl (C=O) groups is 1. The molecule has 0 saturated heterocycles. The quantitative estimate of drug-likeness (QED) is 0.297. The summed E-state index contributed by atoms with van der Waals surface area (Å²) in [7, 11) is 3.51. The van der Waals surface area contributed by atoms with Crippen molar-refractivity contribution in [2.75, 3.05) is 34.0 Å². The van der Waals surface area contributed by atoms with Crippen LogP contribution in [0.1, 0.15) is 79.4 Å². The molecule has 4 aliphatic carbocycles. The molecule has 5 nitrogen and oxygen atoms in total. The highest BCUT2D eigenvalue weighted by molar-refractivity contribution is 5.94. The molecule has 5 heteroatoms. The number of carbonyl (C=O) groups excluding carboxylic acids is 1. The number of benzene rings is 2. The van der Waals surface area contributed by atoms with Crippen molar-refractivity contribution in [1.82, 2.24) is 5.32 Å². The Morgan fingerprint density at radius 2 is 1.62 bits per heavy atom. The lowest BCUT2D eigenvalue weighted by Gasteiger charge is -2.57. The number of ether oxygens (including phenoxy) is 3. The summed E-state index contributed by atoms with van der Waals surface area (Å²) in [4.78, 5) is 12.1. The summed E-state index contributed by atoms with van der Waals surface area (Å²) in [5, 5.41) is 2.86. The van der Waals surface area contributed by atoms with Gasteiger partial charge in [0.25, 0.3) is 5.91 Å². The van der Waals surface area contributed by atoms with E-state index < -0.39 is 0 Å². The van der Waals surface area contributed by atoms with Crippen LogP contribution in [0.2, 0.25) is 0 Å². The lowest BCUT2D eigenvalue weighted by atomic mass is 9.47. The van der Waals surface area contributed by atoms with Gasteiger partial charge in [-0.1, -0.05) is 18.2 Å². The van der Waals surface area contributed by atoms with Crippen molar-refractivity contribution < 1.29 is 19.0 Å². The van der Waals surface area contributed by atoms with Crippen molar-refractivity contribution >= 4 is 17.6 Å². The second-order valence-electron chi connectivity index (χ2n) is 11.4. The molecule has 0 aromatic heterocycles. The van der Waals surface area contributed by atoms with Gasteiger partial charge in [0.05, 0.1) is 13.7 Å². The van der Waals surface area contributed by atoms with Crippen LogP contribution in [0.4, 0.5) is 0 Å². The minimum absolute atomic E-state index is 0.0410. The second-order valence-corrected chi connectivity index (χ2v) is 11.4. The fourth-order valence-corrected chi connectivity index (χ4v) is 7.68. The van der Waals surface area contributed by atoms with Crippen molar-refractivity contribution in [3.63, 3.8) is 0 Å². The zero-order valence-electron chi connectivity index (χ0n) is 22.8. The van der Waals surface area contributed by atoms with E-state index in [1.165, 1.54) is 44.1 Å². The third-order valence-electron chi connectivity index (χ3n) is 8.76. The minimum Gasteiger partial charge on any atom is -0.496 e. The first kappa shape index (κ1) is 25.8. The number of rotatable bonds is 10. The van der Waals surface area contributed by atoms with Crippen LogP contribution in [0, 0.1) is 17.8 Å². The minimum atomic E-state index is -0.0410. The van der Waals surface area contributed by atoms with E-state index in [4.69, 9.17) is 14.2 Å². The van der Waals surface area contributed by atoms with Gasteiger partial charge in [-0.3, -0.25) is 4.79 Å². The van der Waals surface area contributed by atoms with Crippen LogP contribution in [-0.2, 0) is 10.2 Å². The zero-order valence-corrected chi connectivity index (χ0v) is 22.8. The van der Waals surface area contributed by atoms with E-state index in [9.17, 15) is 4.79 Å². The Labute approximate surface area is 221 Å². The van der Waals surface area contributed by atoms with Gasteiger partial charge < -0.3 is 19.5 Å². The number of nitrogens with one attached hydrogen (secondary N) is 1. The molecule has 198 valence electrons. The van der Waals surface area contributed by atoms with Crippen molar-refractivity contribution in [1.29, 1.82) is 0 Å². The molecule has 2 aromatic carbocycles. The van der Waals surface area contributed by atoms with E-state index >= 15 is 0 Å². The van der Waals surface area contributed by atoms with E-state index in [0.717, 1.165) is 46.0 Å². The van der Waals surface area contributed by atoms with Crippen LogP contribution in [0.5, 0.6) is 11.5 Å². The maximum atomic E-state index is 12.1. The van der Waals surface area contributed by atoms with E-state index in [0.29, 0.717) is 25.3 Å². The van der Waals surface area contributed by atoms with Crippen molar-refractivity contribution in [2.24, 2.45) is 17.8 Å². The molecular weight excluding hydrogens is 462 g/mol. The molecule has 4 bridgehead atoms. The Balaban J connectivity index is 1.53. The van der Waals surface area contributed by atoms with E-state index in [-0.39, 0.29) is 11.3 Å². The summed E-state index contributed by atoms with van der Waals surface area (Å²) < 4.78 is 17.9. The third-order valence-corrected chi connectivity index (χ3v) is 8.76. The lowest BCUT2D eigenvalue weighted by molar-refractivity contribution is -0.00764. The molecule has 4 fully saturated rings. The van der Waals surface area contributed by atoms with Crippen LogP contribution in [0.3, 0.4) is 0 Å². The molecule has 6 rings (SSSR count). The van der Waals surface area contributed by atoms with Gasteiger partial charge in [0.2, 0.25) is 0 Å². The Bertz CT molecular complexity index is 1110. The molecule has 37 heavy (non-hydrogen) atoms. The highest BCUT2D eigenvalue weighted by Gasteiger charge is 2.53. The van der Waals surface area contributed by atoms with Crippen LogP contribution >= 0.6 is 0 Å². The first-order valence-electron chi connectivity index (χ1n) is 13.9. The summed E-state index contributed by atoms with van der Waals surface area (Å²) in [5.74, 6) is 4.36. The summed E-state index contributed by atoms with van der Waals surface area (Å²) >= 11 is 0. The molecule has 0 atom stereocenters. The fraction of sp³-hybridized carbons (Fsp3) is 0.531. The molecule has 4 aliphatic rings. The monoisotopic (exact) mass is 503 g/mol. The highest BCUT2D eigenvalue weighted by Crippen LogP contribution is 2.63. The van der Waals surface area contributed by atoms with Gasteiger partial charge in [0.15, 0.2) is 0 Å². The lowest BCUT2D eigenvalue weighted by Crippen LogP contribution is -2.48. The summed E-state index contributed by atoms with van der Waals surface area (Å²) in [6, 6.07) is 12.1. The molecule has 4 saturated carbocycles. The predicted molar refractivity (Wildman–Crippen MR) is 148 cm³/mol. The Hall–Kier alpha value is -2.79. The molecule has 0 spiro atoms. The highest BCUT2D eigenvalue weighted by atomic mass is 16.5. The zero-order chi connectivity index (χ0) is 26.0. The van der Waals surface area contributed by atoms with Crippen LogP contribution in [-0.4, -0.2) is 39.9 Å². The molecule has 1 N–H and O–H groups in total. The molecule has 0 radical (unpaired) electrons. The molecule has 0 unspecified atom stereocenters.